The Morgan fingerprint density at radius 1 is 1.26 bits per heavy atom. The highest BCUT2D eigenvalue weighted by molar-refractivity contribution is 5.94. The summed E-state index contributed by atoms with van der Waals surface area (Å²) in [6, 6.07) is 6.34. The highest BCUT2D eigenvalue weighted by atomic mass is 16.5. The Kier molecular flexibility index (Phi) is 5.53. The molecular weight excluding hydrogens is 250 g/mol. The largest absolute Gasteiger partial charge is 0.481 e. The number of carbonyl (C=O) groups excluding carboxylic acids is 2. The first-order chi connectivity index (χ1) is 9.02. The van der Waals surface area contributed by atoms with Crippen molar-refractivity contribution in [1.29, 1.82) is 0 Å². The lowest BCUT2D eigenvalue weighted by Crippen LogP contribution is -2.12. The van der Waals surface area contributed by atoms with Gasteiger partial charge in [-0.05, 0) is 24.6 Å². The maximum atomic E-state index is 11.5. The number of benzene rings is 1. The Labute approximate surface area is 110 Å². The molecule has 19 heavy (non-hydrogen) atoms. The summed E-state index contributed by atoms with van der Waals surface area (Å²) in [5.74, 6) is -1.70. The second-order valence-electron chi connectivity index (χ2n) is 3.87. The first-order valence-corrected chi connectivity index (χ1v) is 5.73. The summed E-state index contributed by atoms with van der Waals surface area (Å²) in [6.07, 6.45) is 0.349. The van der Waals surface area contributed by atoms with E-state index in [0.717, 1.165) is 0 Å². The van der Waals surface area contributed by atoms with Gasteiger partial charge in [0.15, 0.2) is 0 Å². The van der Waals surface area contributed by atoms with Gasteiger partial charge >= 0.3 is 11.9 Å². The van der Waals surface area contributed by atoms with Gasteiger partial charge in [-0.2, -0.15) is 0 Å². The molecule has 2 N–H and O–H groups in total. The molecule has 0 aliphatic carbocycles. The molecule has 0 unspecified atom stereocenters. The molecule has 0 aliphatic rings. The van der Waals surface area contributed by atoms with Gasteiger partial charge in [0.25, 0.3) is 0 Å². The molecule has 0 atom stereocenters. The van der Waals surface area contributed by atoms with Crippen molar-refractivity contribution < 1.29 is 24.2 Å². The highest BCUT2D eigenvalue weighted by Gasteiger charge is 2.08. The number of carboxylic acid groups (broad SMARTS) is 1. The molecule has 0 aliphatic heterocycles. The summed E-state index contributed by atoms with van der Waals surface area (Å²) >= 11 is 0. The van der Waals surface area contributed by atoms with Crippen molar-refractivity contribution >= 4 is 23.5 Å². The molecule has 1 aromatic carbocycles. The summed E-state index contributed by atoms with van der Waals surface area (Å²) in [4.78, 5) is 33.1. The summed E-state index contributed by atoms with van der Waals surface area (Å²) in [6.45, 7) is 0. The van der Waals surface area contributed by atoms with E-state index in [1.165, 1.54) is 13.2 Å². The minimum absolute atomic E-state index is 0.0460. The summed E-state index contributed by atoms with van der Waals surface area (Å²) in [5, 5.41) is 11.1. The van der Waals surface area contributed by atoms with Crippen molar-refractivity contribution in [3.8, 4) is 0 Å². The van der Waals surface area contributed by atoms with Gasteiger partial charge in [-0.1, -0.05) is 6.07 Å². The van der Waals surface area contributed by atoms with E-state index in [1.54, 1.807) is 18.2 Å². The maximum absolute atomic E-state index is 11.5. The first kappa shape index (κ1) is 14.7. The van der Waals surface area contributed by atoms with Crippen LogP contribution in [0.15, 0.2) is 24.3 Å². The zero-order chi connectivity index (χ0) is 14.3. The smallest absolute Gasteiger partial charge is 0.337 e. The van der Waals surface area contributed by atoms with Gasteiger partial charge in [0.05, 0.1) is 12.7 Å². The number of hydrogen-bond donors (Lipinski definition) is 2. The van der Waals surface area contributed by atoms with E-state index in [4.69, 9.17) is 5.11 Å². The van der Waals surface area contributed by atoms with Crippen LogP contribution in [0.2, 0.25) is 0 Å². The van der Waals surface area contributed by atoms with Crippen LogP contribution in [0, 0.1) is 0 Å². The Bertz CT molecular complexity index is 484. The molecule has 0 bridgehead atoms. The van der Waals surface area contributed by atoms with E-state index in [1.807, 2.05) is 0 Å². The Hall–Kier alpha value is -2.37. The number of aliphatic carboxylic acids is 1. The molecule has 1 amide bonds. The molecule has 6 heteroatoms. The number of rotatable bonds is 6. The fourth-order valence-electron chi connectivity index (χ4n) is 1.47. The van der Waals surface area contributed by atoms with Crippen LogP contribution in [-0.2, 0) is 14.3 Å². The topological polar surface area (TPSA) is 92.7 Å². The predicted molar refractivity (Wildman–Crippen MR) is 67.9 cm³/mol. The number of amides is 1. The lowest BCUT2D eigenvalue weighted by atomic mass is 10.2. The molecule has 0 heterocycles. The summed E-state index contributed by atoms with van der Waals surface area (Å²) < 4.78 is 4.57. The number of hydrogen-bond acceptors (Lipinski definition) is 4. The molecular formula is C13H15NO5. The average molecular weight is 265 g/mol. The summed E-state index contributed by atoms with van der Waals surface area (Å²) in [5.41, 5.74) is 0.814. The first-order valence-electron chi connectivity index (χ1n) is 5.73. The van der Waals surface area contributed by atoms with Crippen LogP contribution in [-0.4, -0.2) is 30.1 Å². The fourth-order valence-corrected chi connectivity index (χ4v) is 1.47. The molecule has 0 aromatic heterocycles. The van der Waals surface area contributed by atoms with Crippen molar-refractivity contribution in [1.82, 2.24) is 0 Å². The molecule has 1 rings (SSSR count). The molecule has 0 radical (unpaired) electrons. The fraction of sp³-hybridized carbons (Fsp3) is 0.308. The maximum Gasteiger partial charge on any atom is 0.337 e. The van der Waals surface area contributed by atoms with Crippen molar-refractivity contribution in [3.63, 3.8) is 0 Å². The quantitative estimate of drug-likeness (QED) is 0.763. The zero-order valence-electron chi connectivity index (χ0n) is 10.5. The molecule has 0 saturated carbocycles. The molecule has 6 nitrogen and oxygen atoms in total. The number of methoxy groups -OCH3 is 1. The third kappa shape index (κ3) is 5.20. The lowest BCUT2D eigenvalue weighted by Gasteiger charge is -2.06. The van der Waals surface area contributed by atoms with Crippen LogP contribution in [0.3, 0.4) is 0 Å². The van der Waals surface area contributed by atoms with Crippen molar-refractivity contribution in [2.45, 2.75) is 19.3 Å². The molecule has 0 spiro atoms. The van der Waals surface area contributed by atoms with Gasteiger partial charge in [0.2, 0.25) is 5.91 Å². The van der Waals surface area contributed by atoms with E-state index in [-0.39, 0.29) is 25.2 Å². The molecule has 102 valence electrons. The lowest BCUT2D eigenvalue weighted by molar-refractivity contribution is -0.137. The minimum atomic E-state index is -0.930. The van der Waals surface area contributed by atoms with E-state index < -0.39 is 11.9 Å². The number of nitrogens with one attached hydrogen (secondary N) is 1. The molecule has 0 saturated heterocycles. The Morgan fingerprint density at radius 2 is 2.00 bits per heavy atom. The number of anilines is 1. The van der Waals surface area contributed by atoms with Gasteiger partial charge in [0.1, 0.15) is 0 Å². The second kappa shape index (κ2) is 7.15. The van der Waals surface area contributed by atoms with Gasteiger partial charge in [-0.25, -0.2) is 4.79 Å². The van der Waals surface area contributed by atoms with Crippen LogP contribution >= 0.6 is 0 Å². The normalized spacial score (nSPS) is 9.74. The summed E-state index contributed by atoms with van der Waals surface area (Å²) in [7, 11) is 1.28. The number of carbonyl (C=O) groups is 3. The van der Waals surface area contributed by atoms with Crippen LogP contribution in [0.5, 0.6) is 0 Å². The van der Waals surface area contributed by atoms with Crippen LogP contribution < -0.4 is 5.32 Å². The van der Waals surface area contributed by atoms with Gasteiger partial charge in [-0.15, -0.1) is 0 Å². The van der Waals surface area contributed by atoms with E-state index in [2.05, 4.69) is 10.1 Å². The zero-order valence-corrected chi connectivity index (χ0v) is 10.5. The molecule has 1 aromatic rings. The van der Waals surface area contributed by atoms with Crippen LogP contribution in [0.1, 0.15) is 29.6 Å². The van der Waals surface area contributed by atoms with Gasteiger partial charge in [0, 0.05) is 18.5 Å². The number of ether oxygens (including phenoxy) is 1. The number of esters is 1. The minimum Gasteiger partial charge on any atom is -0.481 e. The predicted octanol–water partition coefficient (Wildman–Crippen LogP) is 1.67. The van der Waals surface area contributed by atoms with Crippen molar-refractivity contribution in [3.05, 3.63) is 29.8 Å². The Morgan fingerprint density at radius 3 is 2.63 bits per heavy atom. The average Bonchev–Trinajstić information content (AvgIpc) is 2.37. The molecule has 0 fully saturated rings. The van der Waals surface area contributed by atoms with Crippen LogP contribution in [0.4, 0.5) is 5.69 Å². The van der Waals surface area contributed by atoms with E-state index in [0.29, 0.717) is 11.3 Å². The van der Waals surface area contributed by atoms with Gasteiger partial charge in [-0.3, -0.25) is 9.59 Å². The van der Waals surface area contributed by atoms with Crippen molar-refractivity contribution in [2.75, 3.05) is 12.4 Å². The second-order valence-corrected chi connectivity index (χ2v) is 3.87. The third-order valence-corrected chi connectivity index (χ3v) is 2.36. The van der Waals surface area contributed by atoms with E-state index >= 15 is 0 Å². The van der Waals surface area contributed by atoms with Crippen molar-refractivity contribution in [2.24, 2.45) is 0 Å². The third-order valence-electron chi connectivity index (χ3n) is 2.36. The van der Waals surface area contributed by atoms with Crippen LogP contribution in [0.25, 0.3) is 0 Å². The Balaban J connectivity index is 2.54. The van der Waals surface area contributed by atoms with Gasteiger partial charge < -0.3 is 15.2 Å². The standard InChI is InChI=1S/C13H15NO5/c1-19-13(18)9-4-2-5-10(8-9)14-11(15)6-3-7-12(16)17/h2,4-5,8H,3,6-7H2,1H3,(H,14,15)(H,16,17). The SMILES string of the molecule is COC(=O)c1cccc(NC(=O)CCCC(=O)O)c1. The number of carboxylic acids is 1. The highest BCUT2D eigenvalue weighted by Crippen LogP contribution is 2.12. The van der Waals surface area contributed by atoms with E-state index in [9.17, 15) is 14.4 Å². The monoisotopic (exact) mass is 265 g/mol.